The van der Waals surface area contributed by atoms with Crippen molar-refractivity contribution >= 4 is 11.6 Å². The Kier molecular flexibility index (Phi) is 4.42. The molecular weight excluding hydrogens is 353 g/mol. The summed E-state index contributed by atoms with van der Waals surface area (Å²) >= 11 is 0. The highest BCUT2D eigenvalue weighted by molar-refractivity contribution is 5.81. The van der Waals surface area contributed by atoms with E-state index in [0.29, 0.717) is 22.6 Å². The van der Waals surface area contributed by atoms with Crippen LogP contribution in [0, 0.1) is 34.9 Å². The Hall–Kier alpha value is -1.62. The molecule has 4 bridgehead atoms. The third-order valence-electron chi connectivity index (χ3n) is 8.07. The molecule has 1 heterocycles. The van der Waals surface area contributed by atoms with Gasteiger partial charge in [-0.2, -0.15) is 0 Å². The Morgan fingerprint density at radius 3 is 2.68 bits per heavy atom. The number of halogens is 1. The number of nitrogens with zero attached hydrogens (tertiary/aromatic N) is 2. The maximum atomic E-state index is 13.4. The first-order valence-electron chi connectivity index (χ1n) is 10.9. The SMILES string of the molecule is CN(CC1CN(C(=O)Cc2cc(F)ccc2N)C1)CC12CC3CC(CC1C3)C2. The first-order chi connectivity index (χ1) is 13.4. The van der Waals surface area contributed by atoms with Crippen LogP contribution in [0.15, 0.2) is 18.2 Å². The zero-order valence-electron chi connectivity index (χ0n) is 16.9. The number of nitrogen functional groups attached to an aromatic ring is 1. The minimum Gasteiger partial charge on any atom is -0.398 e. The molecule has 5 aliphatic rings. The van der Waals surface area contributed by atoms with E-state index in [1.807, 2.05) is 4.90 Å². The van der Waals surface area contributed by atoms with Crippen molar-refractivity contribution < 1.29 is 9.18 Å². The van der Waals surface area contributed by atoms with Gasteiger partial charge in [-0.1, -0.05) is 0 Å². The number of rotatable bonds is 6. The van der Waals surface area contributed by atoms with Gasteiger partial charge in [0.25, 0.3) is 0 Å². The van der Waals surface area contributed by atoms with Crippen LogP contribution < -0.4 is 5.73 Å². The molecule has 0 aromatic heterocycles. The quantitative estimate of drug-likeness (QED) is 0.766. The second-order valence-corrected chi connectivity index (χ2v) is 10.3. The normalized spacial score (nSPS) is 33.7. The number of amides is 1. The van der Waals surface area contributed by atoms with Crippen LogP contribution in [0.3, 0.4) is 0 Å². The molecule has 4 saturated carbocycles. The number of benzene rings is 1. The Balaban J connectivity index is 1.10. The number of hydrogen-bond donors (Lipinski definition) is 1. The molecule has 6 rings (SSSR count). The van der Waals surface area contributed by atoms with Crippen LogP contribution in [0.25, 0.3) is 0 Å². The van der Waals surface area contributed by atoms with Crippen molar-refractivity contribution in [2.45, 2.75) is 38.5 Å². The number of anilines is 1. The van der Waals surface area contributed by atoms with Gasteiger partial charge in [0.15, 0.2) is 0 Å². The van der Waals surface area contributed by atoms with E-state index < -0.39 is 0 Å². The van der Waals surface area contributed by atoms with Crippen molar-refractivity contribution in [3.63, 3.8) is 0 Å². The fourth-order valence-corrected chi connectivity index (χ4v) is 7.16. The van der Waals surface area contributed by atoms with Crippen molar-refractivity contribution in [3.05, 3.63) is 29.6 Å². The molecule has 5 heteroatoms. The minimum absolute atomic E-state index is 0.0570. The predicted octanol–water partition coefficient (Wildman–Crippen LogP) is 3.17. The van der Waals surface area contributed by atoms with Gasteiger partial charge < -0.3 is 15.5 Å². The second kappa shape index (κ2) is 6.72. The summed E-state index contributed by atoms with van der Waals surface area (Å²) in [5.74, 6) is 3.28. The number of nitrogens with two attached hydrogens (primary N) is 1. The molecule has 1 aromatic rings. The Morgan fingerprint density at radius 2 is 1.96 bits per heavy atom. The largest absolute Gasteiger partial charge is 0.398 e. The topological polar surface area (TPSA) is 49.6 Å². The van der Waals surface area contributed by atoms with Gasteiger partial charge in [-0.15, -0.1) is 0 Å². The molecule has 4 nitrogen and oxygen atoms in total. The molecule has 1 saturated heterocycles. The number of hydrogen-bond acceptors (Lipinski definition) is 3. The number of carbonyl (C=O) groups is 1. The van der Waals surface area contributed by atoms with Crippen LogP contribution >= 0.6 is 0 Å². The van der Waals surface area contributed by atoms with Gasteiger partial charge in [-0.3, -0.25) is 4.79 Å². The van der Waals surface area contributed by atoms with Crippen LogP contribution in [-0.2, 0) is 11.2 Å². The molecule has 4 aliphatic carbocycles. The van der Waals surface area contributed by atoms with Crippen LogP contribution in [0.5, 0.6) is 0 Å². The fourth-order valence-electron chi connectivity index (χ4n) is 7.16. The van der Waals surface area contributed by atoms with Crippen molar-refractivity contribution in [1.29, 1.82) is 0 Å². The van der Waals surface area contributed by atoms with Gasteiger partial charge in [0.2, 0.25) is 5.91 Å². The molecule has 5 fully saturated rings. The lowest BCUT2D eigenvalue weighted by Gasteiger charge is -2.43. The zero-order valence-corrected chi connectivity index (χ0v) is 16.9. The van der Waals surface area contributed by atoms with Gasteiger partial charge in [0.1, 0.15) is 5.82 Å². The van der Waals surface area contributed by atoms with E-state index in [-0.39, 0.29) is 18.1 Å². The Morgan fingerprint density at radius 1 is 1.25 bits per heavy atom. The van der Waals surface area contributed by atoms with Gasteiger partial charge in [0, 0.05) is 37.8 Å². The lowest BCUT2D eigenvalue weighted by Crippen LogP contribution is -2.54. The van der Waals surface area contributed by atoms with Gasteiger partial charge >= 0.3 is 0 Å². The average molecular weight is 386 g/mol. The van der Waals surface area contributed by atoms with Crippen LogP contribution in [0.2, 0.25) is 0 Å². The highest BCUT2D eigenvalue weighted by Crippen LogP contribution is 2.65. The monoisotopic (exact) mass is 385 g/mol. The van der Waals surface area contributed by atoms with Gasteiger partial charge in [-0.25, -0.2) is 4.39 Å². The summed E-state index contributed by atoms with van der Waals surface area (Å²) in [5.41, 5.74) is 7.57. The predicted molar refractivity (Wildman–Crippen MR) is 108 cm³/mol. The third kappa shape index (κ3) is 3.22. The first kappa shape index (κ1) is 18.4. The molecule has 1 amide bonds. The highest BCUT2D eigenvalue weighted by atomic mass is 19.1. The standard InChI is InChI=1S/C23H32FN3O/c1-26(14-23-9-15-4-16(10-23)6-19(23)5-15)11-17-12-27(13-17)22(28)8-18-7-20(24)2-3-21(18)25/h2-3,7,15-17,19H,4-6,8-14,25H2,1H3. The van der Waals surface area contributed by atoms with E-state index in [4.69, 9.17) is 5.73 Å². The molecule has 28 heavy (non-hydrogen) atoms. The lowest BCUT2D eigenvalue weighted by molar-refractivity contribution is -0.137. The lowest BCUT2D eigenvalue weighted by atomic mass is 9.75. The molecule has 1 aromatic carbocycles. The number of carbonyl (C=O) groups excluding carboxylic acids is 1. The maximum absolute atomic E-state index is 13.4. The zero-order chi connectivity index (χ0) is 19.5. The highest BCUT2D eigenvalue weighted by Gasteiger charge is 2.57. The van der Waals surface area contributed by atoms with E-state index in [2.05, 4.69) is 11.9 Å². The minimum atomic E-state index is -0.339. The molecule has 2 atom stereocenters. The maximum Gasteiger partial charge on any atom is 0.227 e. The van der Waals surface area contributed by atoms with Gasteiger partial charge in [-0.05, 0) is 86.1 Å². The first-order valence-corrected chi connectivity index (χ1v) is 10.9. The summed E-state index contributed by atoms with van der Waals surface area (Å²) in [7, 11) is 2.27. The Labute approximate surface area is 167 Å². The van der Waals surface area contributed by atoms with Crippen LogP contribution in [0.4, 0.5) is 10.1 Å². The number of likely N-dealkylation sites (tertiary alicyclic amines) is 1. The summed E-state index contributed by atoms with van der Waals surface area (Å²) in [5, 5.41) is 0. The molecule has 2 N–H and O–H groups in total. The summed E-state index contributed by atoms with van der Waals surface area (Å²) in [6, 6.07) is 4.25. The fraction of sp³-hybridized carbons (Fsp3) is 0.696. The van der Waals surface area contributed by atoms with Crippen molar-refractivity contribution in [1.82, 2.24) is 9.80 Å². The summed E-state index contributed by atoms with van der Waals surface area (Å²) in [6.45, 7) is 3.96. The summed E-state index contributed by atoms with van der Waals surface area (Å²) < 4.78 is 13.4. The Bertz CT molecular complexity index is 761. The van der Waals surface area contributed by atoms with Crippen LogP contribution in [0.1, 0.15) is 37.7 Å². The summed E-state index contributed by atoms with van der Waals surface area (Å²) in [6.07, 6.45) is 7.58. The molecule has 0 radical (unpaired) electrons. The molecule has 152 valence electrons. The smallest absolute Gasteiger partial charge is 0.227 e. The third-order valence-corrected chi connectivity index (χ3v) is 8.07. The average Bonchev–Trinajstić information content (AvgIpc) is 2.97. The van der Waals surface area contributed by atoms with E-state index in [0.717, 1.165) is 37.4 Å². The van der Waals surface area contributed by atoms with Crippen molar-refractivity contribution in [2.24, 2.45) is 29.1 Å². The van der Waals surface area contributed by atoms with E-state index in [9.17, 15) is 9.18 Å². The van der Waals surface area contributed by atoms with Crippen LogP contribution in [-0.4, -0.2) is 48.9 Å². The second-order valence-electron chi connectivity index (χ2n) is 10.3. The van der Waals surface area contributed by atoms with Gasteiger partial charge in [0.05, 0.1) is 6.42 Å². The summed E-state index contributed by atoms with van der Waals surface area (Å²) in [4.78, 5) is 16.9. The van der Waals surface area contributed by atoms with E-state index in [1.165, 1.54) is 56.8 Å². The van der Waals surface area contributed by atoms with E-state index in [1.54, 1.807) is 0 Å². The van der Waals surface area contributed by atoms with Crippen molar-refractivity contribution in [2.75, 3.05) is 39.0 Å². The molecule has 2 unspecified atom stereocenters. The molecular formula is C23H32FN3O. The molecule has 0 spiro atoms. The van der Waals surface area contributed by atoms with E-state index >= 15 is 0 Å². The molecule has 1 aliphatic heterocycles. The van der Waals surface area contributed by atoms with Crippen molar-refractivity contribution in [3.8, 4) is 0 Å².